The summed E-state index contributed by atoms with van der Waals surface area (Å²) in [6.07, 6.45) is 5.85. The second-order valence-corrected chi connectivity index (χ2v) is 5.63. The summed E-state index contributed by atoms with van der Waals surface area (Å²) in [5.74, 6) is 0.355. The van der Waals surface area contributed by atoms with E-state index in [1.165, 1.54) is 0 Å². The number of rotatable bonds is 5. The van der Waals surface area contributed by atoms with Crippen molar-refractivity contribution < 1.29 is 9.59 Å². The topological polar surface area (TPSA) is 87.2 Å². The van der Waals surface area contributed by atoms with Gasteiger partial charge in [0.25, 0.3) is 5.91 Å². The van der Waals surface area contributed by atoms with Gasteiger partial charge in [-0.25, -0.2) is 4.98 Å². The molecular weight excluding hydrogens is 306 g/mol. The fourth-order valence-electron chi connectivity index (χ4n) is 2.65. The second kappa shape index (κ2) is 7.54. The smallest absolute Gasteiger partial charge is 0.274 e. The summed E-state index contributed by atoms with van der Waals surface area (Å²) in [7, 11) is 0. The van der Waals surface area contributed by atoms with Gasteiger partial charge in [0.1, 0.15) is 11.5 Å². The standard InChI is InChI=1S/C17H19N5O2/c23-12-22-10-6-13(7-11-22)20-16-14(5-3-9-19-16)21-17(24)15-4-1-2-8-18-15/h1-5,8-9,12-13H,6-7,10-11H2,(H,19,20)(H,21,24). The first kappa shape index (κ1) is 15.9. The zero-order chi connectivity index (χ0) is 16.8. The molecule has 0 saturated carbocycles. The molecular formula is C17H19N5O2. The van der Waals surface area contributed by atoms with E-state index in [1.807, 2.05) is 0 Å². The maximum Gasteiger partial charge on any atom is 0.274 e. The van der Waals surface area contributed by atoms with Gasteiger partial charge in [0.15, 0.2) is 0 Å². The SMILES string of the molecule is O=CN1CCC(Nc2ncccc2NC(=O)c2ccccn2)CC1. The van der Waals surface area contributed by atoms with Crippen LogP contribution in [-0.4, -0.2) is 46.3 Å². The summed E-state index contributed by atoms with van der Waals surface area (Å²) in [5, 5.41) is 6.21. The van der Waals surface area contributed by atoms with Crippen LogP contribution in [0.1, 0.15) is 23.3 Å². The van der Waals surface area contributed by atoms with Crippen LogP contribution in [0.15, 0.2) is 42.7 Å². The number of nitrogens with one attached hydrogen (secondary N) is 2. The Hall–Kier alpha value is -2.96. The lowest BCUT2D eigenvalue weighted by atomic mass is 10.1. The van der Waals surface area contributed by atoms with Gasteiger partial charge in [-0.15, -0.1) is 0 Å². The average molecular weight is 325 g/mol. The van der Waals surface area contributed by atoms with Gasteiger partial charge in [-0.05, 0) is 37.1 Å². The molecule has 0 unspecified atom stereocenters. The summed E-state index contributed by atoms with van der Waals surface area (Å²) in [4.78, 5) is 33.2. The van der Waals surface area contributed by atoms with Crippen molar-refractivity contribution in [3.63, 3.8) is 0 Å². The van der Waals surface area contributed by atoms with Crippen molar-refractivity contribution in [1.82, 2.24) is 14.9 Å². The molecule has 2 aromatic heterocycles. The molecule has 1 aliphatic heterocycles. The Bertz CT molecular complexity index is 699. The average Bonchev–Trinajstić information content (AvgIpc) is 2.64. The highest BCUT2D eigenvalue weighted by Crippen LogP contribution is 2.22. The van der Waals surface area contributed by atoms with Crippen LogP contribution in [0.4, 0.5) is 11.5 Å². The van der Waals surface area contributed by atoms with Crippen molar-refractivity contribution in [3.8, 4) is 0 Å². The van der Waals surface area contributed by atoms with Crippen molar-refractivity contribution in [3.05, 3.63) is 48.4 Å². The maximum atomic E-state index is 12.3. The van der Waals surface area contributed by atoms with E-state index < -0.39 is 0 Å². The number of anilines is 2. The lowest BCUT2D eigenvalue weighted by Gasteiger charge is -2.30. The van der Waals surface area contributed by atoms with Gasteiger partial charge in [0.2, 0.25) is 6.41 Å². The highest BCUT2D eigenvalue weighted by molar-refractivity contribution is 6.04. The molecule has 124 valence electrons. The highest BCUT2D eigenvalue weighted by atomic mass is 16.2. The number of aromatic nitrogens is 2. The number of piperidine rings is 1. The van der Waals surface area contributed by atoms with Crippen LogP contribution in [-0.2, 0) is 4.79 Å². The Balaban J connectivity index is 1.67. The summed E-state index contributed by atoms with van der Waals surface area (Å²) in [5.41, 5.74) is 0.970. The number of nitrogens with zero attached hydrogens (tertiary/aromatic N) is 3. The number of likely N-dealkylation sites (tertiary alicyclic amines) is 1. The number of carbonyl (C=O) groups excluding carboxylic acids is 2. The Kier molecular flexibility index (Phi) is 5.00. The van der Waals surface area contributed by atoms with E-state index in [0.29, 0.717) is 17.2 Å². The maximum absolute atomic E-state index is 12.3. The molecule has 1 aliphatic rings. The van der Waals surface area contributed by atoms with Crippen molar-refractivity contribution in [2.45, 2.75) is 18.9 Å². The van der Waals surface area contributed by atoms with E-state index in [0.717, 1.165) is 32.3 Å². The minimum Gasteiger partial charge on any atom is -0.365 e. The first-order valence-electron chi connectivity index (χ1n) is 7.89. The van der Waals surface area contributed by atoms with Crippen molar-refractivity contribution in [1.29, 1.82) is 0 Å². The van der Waals surface area contributed by atoms with Gasteiger partial charge in [0, 0.05) is 31.5 Å². The molecule has 7 heteroatoms. The molecule has 0 aromatic carbocycles. The summed E-state index contributed by atoms with van der Waals surface area (Å²) in [6.45, 7) is 1.45. The molecule has 0 spiro atoms. The predicted octanol–water partition coefficient (Wildman–Crippen LogP) is 1.76. The molecule has 3 rings (SSSR count). The van der Waals surface area contributed by atoms with Crippen LogP contribution in [0.2, 0.25) is 0 Å². The lowest BCUT2D eigenvalue weighted by molar-refractivity contribution is -0.118. The van der Waals surface area contributed by atoms with E-state index >= 15 is 0 Å². The zero-order valence-electron chi connectivity index (χ0n) is 13.2. The molecule has 0 atom stereocenters. The lowest BCUT2D eigenvalue weighted by Crippen LogP contribution is -2.38. The van der Waals surface area contributed by atoms with Gasteiger partial charge in [-0.1, -0.05) is 6.07 Å². The molecule has 1 fully saturated rings. The fourth-order valence-corrected chi connectivity index (χ4v) is 2.65. The molecule has 2 aromatic rings. The van der Waals surface area contributed by atoms with Gasteiger partial charge in [0.05, 0.1) is 5.69 Å². The van der Waals surface area contributed by atoms with Gasteiger partial charge in [-0.3, -0.25) is 14.6 Å². The molecule has 0 radical (unpaired) electrons. The van der Waals surface area contributed by atoms with Crippen LogP contribution in [0, 0.1) is 0 Å². The number of pyridine rings is 2. The van der Waals surface area contributed by atoms with Crippen LogP contribution in [0.5, 0.6) is 0 Å². The van der Waals surface area contributed by atoms with E-state index in [-0.39, 0.29) is 11.9 Å². The quantitative estimate of drug-likeness (QED) is 0.818. The Morgan fingerprint density at radius 2 is 1.92 bits per heavy atom. The van der Waals surface area contributed by atoms with Crippen molar-refractivity contribution in [2.24, 2.45) is 0 Å². The van der Waals surface area contributed by atoms with Crippen LogP contribution in [0.3, 0.4) is 0 Å². The minimum absolute atomic E-state index is 0.224. The van der Waals surface area contributed by atoms with E-state index in [2.05, 4.69) is 20.6 Å². The molecule has 2 N–H and O–H groups in total. The van der Waals surface area contributed by atoms with E-state index in [4.69, 9.17) is 0 Å². The number of carbonyl (C=O) groups is 2. The van der Waals surface area contributed by atoms with Crippen molar-refractivity contribution in [2.75, 3.05) is 23.7 Å². The number of hydrogen-bond donors (Lipinski definition) is 2. The first-order chi connectivity index (χ1) is 11.8. The van der Waals surface area contributed by atoms with Crippen LogP contribution < -0.4 is 10.6 Å². The summed E-state index contributed by atoms with van der Waals surface area (Å²) >= 11 is 0. The normalized spacial score (nSPS) is 14.9. The van der Waals surface area contributed by atoms with E-state index in [1.54, 1.807) is 47.6 Å². The zero-order valence-corrected chi connectivity index (χ0v) is 13.2. The first-order valence-corrected chi connectivity index (χ1v) is 7.89. The third-order valence-electron chi connectivity index (χ3n) is 3.97. The third-order valence-corrected chi connectivity index (χ3v) is 3.97. The fraction of sp³-hybridized carbons (Fsp3) is 0.294. The molecule has 3 heterocycles. The van der Waals surface area contributed by atoms with Gasteiger partial charge in [-0.2, -0.15) is 0 Å². The minimum atomic E-state index is -0.276. The van der Waals surface area contributed by atoms with E-state index in [9.17, 15) is 9.59 Å². The van der Waals surface area contributed by atoms with Crippen molar-refractivity contribution >= 4 is 23.8 Å². The second-order valence-electron chi connectivity index (χ2n) is 5.63. The molecule has 2 amide bonds. The number of amides is 2. The van der Waals surface area contributed by atoms with Gasteiger partial charge >= 0.3 is 0 Å². The monoisotopic (exact) mass is 325 g/mol. The summed E-state index contributed by atoms with van der Waals surface area (Å²) in [6, 6.07) is 8.99. The largest absolute Gasteiger partial charge is 0.365 e. The molecule has 24 heavy (non-hydrogen) atoms. The van der Waals surface area contributed by atoms with Crippen LogP contribution >= 0.6 is 0 Å². The number of hydrogen-bond acceptors (Lipinski definition) is 5. The molecule has 0 aliphatic carbocycles. The Labute approximate surface area is 140 Å². The van der Waals surface area contributed by atoms with Gasteiger partial charge < -0.3 is 15.5 Å². The highest BCUT2D eigenvalue weighted by Gasteiger charge is 2.19. The predicted molar refractivity (Wildman–Crippen MR) is 90.7 cm³/mol. The summed E-state index contributed by atoms with van der Waals surface area (Å²) < 4.78 is 0. The Morgan fingerprint density at radius 3 is 2.62 bits per heavy atom. The van der Waals surface area contributed by atoms with Crippen LogP contribution in [0.25, 0.3) is 0 Å². The molecule has 0 bridgehead atoms. The molecule has 7 nitrogen and oxygen atoms in total. The Morgan fingerprint density at radius 1 is 1.12 bits per heavy atom. The third kappa shape index (κ3) is 3.87. The molecule has 1 saturated heterocycles.